The second-order valence-electron chi connectivity index (χ2n) is 9.79. The smallest absolute Gasteiger partial charge is 0.236 e. The summed E-state index contributed by atoms with van der Waals surface area (Å²) >= 11 is 0. The van der Waals surface area contributed by atoms with Crippen molar-refractivity contribution >= 4 is 22.3 Å². The molecule has 0 unspecified atom stereocenters. The second-order valence-corrected chi connectivity index (χ2v) is 9.79. The molecule has 0 aliphatic carbocycles. The number of likely N-dealkylation sites (N-methyl/N-ethyl adjacent to an activating group) is 1. The number of carbonyl (C=O) groups excluding carboxylic acids is 1. The van der Waals surface area contributed by atoms with Crippen LogP contribution in [0.1, 0.15) is 49.7 Å². The quantitative estimate of drug-likeness (QED) is 0.499. The fourth-order valence-electron chi connectivity index (χ4n) is 5.13. The number of carbonyl (C=O) groups is 1. The molecule has 1 aliphatic rings. The maximum Gasteiger partial charge on any atom is 0.236 e. The number of nitrogens with one attached hydrogen (secondary N) is 1. The maximum atomic E-state index is 12.4. The van der Waals surface area contributed by atoms with E-state index in [0.29, 0.717) is 18.4 Å². The zero-order chi connectivity index (χ0) is 23.1. The molecule has 0 bridgehead atoms. The third-order valence-electron chi connectivity index (χ3n) is 6.80. The lowest BCUT2D eigenvalue weighted by Gasteiger charge is -2.33. The molecule has 4 heterocycles. The highest BCUT2D eigenvalue weighted by atomic mass is 16.2. The first-order valence-electron chi connectivity index (χ1n) is 11.8. The molecule has 5 rings (SSSR count). The number of hydrogen-bond donors (Lipinski definition) is 1. The van der Waals surface area contributed by atoms with Gasteiger partial charge in [-0.1, -0.05) is 25.1 Å². The molecule has 172 valence electrons. The zero-order valence-electron chi connectivity index (χ0n) is 19.9. The van der Waals surface area contributed by atoms with Gasteiger partial charge in [0.2, 0.25) is 5.91 Å². The molecule has 1 N–H and O–H groups in total. The van der Waals surface area contributed by atoms with Crippen molar-refractivity contribution in [2.75, 3.05) is 33.7 Å². The molecule has 1 aliphatic heterocycles. The second kappa shape index (κ2) is 8.63. The van der Waals surface area contributed by atoms with E-state index >= 15 is 0 Å². The van der Waals surface area contributed by atoms with Crippen molar-refractivity contribution in [2.45, 2.75) is 38.5 Å². The van der Waals surface area contributed by atoms with Crippen molar-refractivity contribution < 1.29 is 4.79 Å². The van der Waals surface area contributed by atoms with Crippen LogP contribution >= 0.6 is 0 Å². The average molecular weight is 445 g/mol. The monoisotopic (exact) mass is 444 g/mol. The first kappa shape index (κ1) is 21.6. The summed E-state index contributed by atoms with van der Waals surface area (Å²) in [7, 11) is 3.89. The van der Waals surface area contributed by atoms with Crippen molar-refractivity contribution in [1.82, 2.24) is 29.6 Å². The largest absolute Gasteiger partial charge is 0.354 e. The van der Waals surface area contributed by atoms with Gasteiger partial charge in [-0.2, -0.15) is 0 Å². The van der Waals surface area contributed by atoms with Crippen LogP contribution in [-0.4, -0.2) is 69.2 Å². The molecule has 0 atom stereocenters. The van der Waals surface area contributed by atoms with Crippen LogP contribution in [0, 0.1) is 0 Å². The number of aromatic amines is 1. The van der Waals surface area contributed by atoms with E-state index in [2.05, 4.69) is 59.5 Å². The van der Waals surface area contributed by atoms with Gasteiger partial charge in [0.05, 0.1) is 24.0 Å². The van der Waals surface area contributed by atoms with Gasteiger partial charge in [-0.15, -0.1) is 5.10 Å². The van der Waals surface area contributed by atoms with Crippen molar-refractivity contribution in [3.63, 3.8) is 0 Å². The van der Waals surface area contributed by atoms with Gasteiger partial charge in [-0.3, -0.25) is 4.79 Å². The highest BCUT2D eigenvalue weighted by molar-refractivity contribution is 5.92. The maximum absolute atomic E-state index is 12.4. The fourth-order valence-corrected chi connectivity index (χ4v) is 5.13. The SMILES string of the molecule is CC(C)c1c(-c2ccn3nncc3c2)[nH]c2ccc(C3CCN(C(=O)CN(C)C)CC3)cc12. The van der Waals surface area contributed by atoms with Crippen LogP contribution in [-0.2, 0) is 4.79 Å². The number of nitrogens with zero attached hydrogens (tertiary/aromatic N) is 5. The molecule has 7 heteroatoms. The zero-order valence-corrected chi connectivity index (χ0v) is 19.9. The summed E-state index contributed by atoms with van der Waals surface area (Å²) in [5, 5.41) is 9.38. The lowest BCUT2D eigenvalue weighted by Crippen LogP contribution is -2.42. The van der Waals surface area contributed by atoms with Crippen LogP contribution in [0.25, 0.3) is 27.7 Å². The van der Waals surface area contributed by atoms with Crippen LogP contribution in [0.2, 0.25) is 0 Å². The normalized spacial score (nSPS) is 15.4. The van der Waals surface area contributed by atoms with Crippen LogP contribution in [0.3, 0.4) is 0 Å². The molecule has 4 aromatic rings. The van der Waals surface area contributed by atoms with E-state index in [1.165, 1.54) is 27.7 Å². The number of likely N-dealkylation sites (tertiary alicyclic amines) is 1. The minimum atomic E-state index is 0.233. The predicted molar refractivity (Wildman–Crippen MR) is 131 cm³/mol. The van der Waals surface area contributed by atoms with Crippen LogP contribution in [0.4, 0.5) is 0 Å². The Morgan fingerprint density at radius 3 is 2.70 bits per heavy atom. The number of pyridine rings is 1. The topological polar surface area (TPSA) is 69.5 Å². The minimum absolute atomic E-state index is 0.233. The number of benzene rings is 1. The van der Waals surface area contributed by atoms with Crippen LogP contribution < -0.4 is 0 Å². The van der Waals surface area contributed by atoms with E-state index in [9.17, 15) is 4.79 Å². The number of piperidine rings is 1. The standard InChI is InChI=1S/C26H32N6O/c1-17(2)25-22-14-19(18-7-10-31(11-8-18)24(33)16-30(3)4)5-6-23(22)28-26(25)20-9-12-32-21(13-20)15-27-29-32/h5-6,9,12-15,17-18,28H,7-8,10-11,16H2,1-4H3. The van der Waals surface area contributed by atoms with Crippen LogP contribution in [0.15, 0.2) is 42.7 Å². The van der Waals surface area contributed by atoms with Gasteiger partial charge in [0.1, 0.15) is 0 Å². The fraction of sp³-hybridized carbons (Fsp3) is 0.423. The Morgan fingerprint density at radius 1 is 1.18 bits per heavy atom. The summed E-state index contributed by atoms with van der Waals surface area (Å²) in [4.78, 5) is 20.1. The molecule has 7 nitrogen and oxygen atoms in total. The summed E-state index contributed by atoms with van der Waals surface area (Å²) in [6.45, 7) is 6.68. The van der Waals surface area contributed by atoms with Crippen molar-refractivity contribution in [3.8, 4) is 11.3 Å². The molecule has 0 radical (unpaired) electrons. The molecule has 1 aromatic carbocycles. The summed E-state index contributed by atoms with van der Waals surface area (Å²) < 4.78 is 1.79. The third-order valence-corrected chi connectivity index (χ3v) is 6.80. The number of H-pyrrole nitrogens is 1. The van der Waals surface area contributed by atoms with E-state index in [-0.39, 0.29) is 5.91 Å². The molecule has 3 aromatic heterocycles. The molecular weight excluding hydrogens is 412 g/mol. The van der Waals surface area contributed by atoms with E-state index in [4.69, 9.17) is 0 Å². The highest BCUT2D eigenvalue weighted by Crippen LogP contribution is 2.38. The first-order chi connectivity index (χ1) is 15.9. The number of hydrogen-bond acceptors (Lipinski definition) is 4. The predicted octanol–water partition coefficient (Wildman–Crippen LogP) is 4.27. The van der Waals surface area contributed by atoms with E-state index in [0.717, 1.165) is 37.0 Å². The Morgan fingerprint density at radius 2 is 1.97 bits per heavy atom. The Kier molecular flexibility index (Phi) is 5.66. The van der Waals surface area contributed by atoms with Crippen molar-refractivity contribution in [2.24, 2.45) is 0 Å². The molecule has 33 heavy (non-hydrogen) atoms. The van der Waals surface area contributed by atoms with Crippen molar-refractivity contribution in [1.29, 1.82) is 0 Å². The number of fused-ring (bicyclic) bond motifs is 2. The van der Waals surface area contributed by atoms with E-state index in [1.54, 1.807) is 10.7 Å². The summed E-state index contributed by atoms with van der Waals surface area (Å²) in [5.41, 5.74) is 7.20. The third kappa shape index (κ3) is 4.13. The summed E-state index contributed by atoms with van der Waals surface area (Å²) in [6, 6.07) is 11.1. The number of rotatable bonds is 5. The van der Waals surface area contributed by atoms with E-state index in [1.807, 2.05) is 30.1 Å². The Hall–Kier alpha value is -3.19. The average Bonchev–Trinajstić information content (AvgIpc) is 3.42. The van der Waals surface area contributed by atoms with Gasteiger partial charge in [0, 0.05) is 35.8 Å². The lowest BCUT2D eigenvalue weighted by atomic mass is 9.87. The van der Waals surface area contributed by atoms with Gasteiger partial charge in [0.25, 0.3) is 0 Å². The highest BCUT2D eigenvalue weighted by Gasteiger charge is 2.25. The minimum Gasteiger partial charge on any atom is -0.354 e. The molecule has 0 saturated carbocycles. The van der Waals surface area contributed by atoms with Gasteiger partial charge in [0.15, 0.2) is 0 Å². The summed E-state index contributed by atoms with van der Waals surface area (Å²) in [6.07, 6.45) is 5.78. The Labute approximate surface area is 194 Å². The molecular formula is C26H32N6O. The molecule has 1 fully saturated rings. The van der Waals surface area contributed by atoms with E-state index < -0.39 is 0 Å². The van der Waals surface area contributed by atoms with Gasteiger partial charge >= 0.3 is 0 Å². The Balaban J connectivity index is 1.44. The van der Waals surface area contributed by atoms with Crippen LogP contribution in [0.5, 0.6) is 0 Å². The van der Waals surface area contributed by atoms with Gasteiger partial charge in [-0.05, 0) is 74.2 Å². The first-order valence-corrected chi connectivity index (χ1v) is 11.8. The molecule has 1 saturated heterocycles. The number of aromatic nitrogens is 4. The van der Waals surface area contributed by atoms with Crippen molar-refractivity contribution in [3.05, 3.63) is 53.9 Å². The Bertz CT molecular complexity index is 1290. The molecule has 0 spiro atoms. The van der Waals surface area contributed by atoms with Gasteiger partial charge < -0.3 is 14.8 Å². The summed E-state index contributed by atoms with van der Waals surface area (Å²) in [5.74, 6) is 1.11. The lowest BCUT2D eigenvalue weighted by molar-refractivity contribution is -0.132. The van der Waals surface area contributed by atoms with Gasteiger partial charge in [-0.25, -0.2) is 4.52 Å². The number of amides is 1. The molecule has 1 amide bonds.